The predicted octanol–water partition coefficient (Wildman–Crippen LogP) is 1.14. The summed E-state index contributed by atoms with van der Waals surface area (Å²) in [6.07, 6.45) is 1.01. The molecule has 3 N–H and O–H groups in total. The molecule has 0 aliphatic heterocycles. The third kappa shape index (κ3) is 8.63. The zero-order chi connectivity index (χ0) is 19.2. The molecule has 0 spiro atoms. The molecule has 0 saturated carbocycles. The van der Waals surface area contributed by atoms with Crippen LogP contribution in [0.1, 0.15) is 6.42 Å². The Balaban J connectivity index is 2.24. The fraction of sp³-hybridized carbons (Fsp3) is 0.588. The molecule has 1 rings (SSSR count). The number of anilines is 1. The summed E-state index contributed by atoms with van der Waals surface area (Å²) in [5, 5.41) is 20.5. The number of para-hydroxylation sites is 2. The number of hydrogen-bond donors (Lipinski definition) is 3. The van der Waals surface area contributed by atoms with E-state index in [4.69, 9.17) is 4.74 Å². The van der Waals surface area contributed by atoms with Crippen molar-refractivity contribution < 1.29 is 9.66 Å². The van der Waals surface area contributed by atoms with E-state index in [-0.39, 0.29) is 10.6 Å². The van der Waals surface area contributed by atoms with Gasteiger partial charge in [-0.1, -0.05) is 12.1 Å². The van der Waals surface area contributed by atoms with Gasteiger partial charge in [0.05, 0.1) is 4.92 Å². The summed E-state index contributed by atoms with van der Waals surface area (Å²) in [6, 6.07) is 6.61. The Morgan fingerprint density at radius 2 is 1.96 bits per heavy atom. The van der Waals surface area contributed by atoms with Gasteiger partial charge in [0.2, 0.25) is 0 Å². The Hall–Kier alpha value is -2.39. The van der Waals surface area contributed by atoms with Crippen LogP contribution in [0.2, 0.25) is 0 Å². The molecular formula is C17H30N6O3. The number of aliphatic imine (C=N–C) groups is 1. The van der Waals surface area contributed by atoms with E-state index in [1.807, 2.05) is 0 Å². The highest BCUT2D eigenvalue weighted by Crippen LogP contribution is 2.22. The second-order valence-corrected chi connectivity index (χ2v) is 5.78. The third-order valence-corrected chi connectivity index (χ3v) is 3.73. The molecular weight excluding hydrogens is 336 g/mol. The molecule has 9 heteroatoms. The van der Waals surface area contributed by atoms with E-state index in [9.17, 15) is 10.1 Å². The third-order valence-electron chi connectivity index (χ3n) is 3.73. The molecule has 9 nitrogen and oxygen atoms in total. The zero-order valence-electron chi connectivity index (χ0n) is 15.8. The number of rotatable bonds is 12. The summed E-state index contributed by atoms with van der Waals surface area (Å²) in [5.74, 6) is 0.708. The van der Waals surface area contributed by atoms with Crippen molar-refractivity contribution in [1.29, 1.82) is 0 Å². The van der Waals surface area contributed by atoms with E-state index in [0.717, 1.165) is 32.7 Å². The highest BCUT2D eigenvalue weighted by atomic mass is 16.6. The van der Waals surface area contributed by atoms with Crippen molar-refractivity contribution in [3.63, 3.8) is 0 Å². The SMILES string of the molecule is CN=C(NCCNc1ccccc1[N+](=O)[O-])NCCN(C)CCCOC. The molecule has 0 amide bonds. The first kappa shape index (κ1) is 21.7. The van der Waals surface area contributed by atoms with E-state index in [1.165, 1.54) is 6.07 Å². The molecule has 0 fully saturated rings. The van der Waals surface area contributed by atoms with Crippen molar-refractivity contribution in [2.24, 2.45) is 4.99 Å². The summed E-state index contributed by atoms with van der Waals surface area (Å²) in [6.45, 7) is 4.58. The standard InChI is InChI=1S/C17H30N6O3/c1-18-17(21-11-13-22(2)12-6-14-26-3)20-10-9-19-15-7-4-5-8-16(15)23(24)25/h4-5,7-8,19H,6,9-14H2,1-3H3,(H2,18,20,21). The van der Waals surface area contributed by atoms with E-state index in [0.29, 0.717) is 24.7 Å². The van der Waals surface area contributed by atoms with Gasteiger partial charge in [-0.15, -0.1) is 0 Å². The largest absolute Gasteiger partial charge is 0.385 e. The molecule has 0 aromatic heterocycles. The van der Waals surface area contributed by atoms with Crippen LogP contribution in [0.15, 0.2) is 29.3 Å². The molecule has 0 aliphatic rings. The van der Waals surface area contributed by atoms with E-state index < -0.39 is 0 Å². The molecule has 1 aromatic rings. The molecule has 0 saturated heterocycles. The number of hydrogen-bond acceptors (Lipinski definition) is 6. The molecule has 0 aliphatic carbocycles. The summed E-state index contributed by atoms with van der Waals surface area (Å²) in [4.78, 5) is 17.0. The van der Waals surface area contributed by atoms with Crippen LogP contribution in [-0.4, -0.2) is 76.3 Å². The summed E-state index contributed by atoms with van der Waals surface area (Å²) < 4.78 is 5.04. The number of benzene rings is 1. The second-order valence-electron chi connectivity index (χ2n) is 5.78. The van der Waals surface area contributed by atoms with Crippen LogP contribution in [-0.2, 0) is 4.74 Å². The van der Waals surface area contributed by atoms with Crippen molar-refractivity contribution in [3.05, 3.63) is 34.4 Å². The topological polar surface area (TPSA) is 104 Å². The van der Waals surface area contributed by atoms with Gasteiger partial charge < -0.3 is 25.6 Å². The van der Waals surface area contributed by atoms with Gasteiger partial charge in [0, 0.05) is 59.6 Å². The van der Waals surface area contributed by atoms with Crippen LogP contribution < -0.4 is 16.0 Å². The van der Waals surface area contributed by atoms with Crippen molar-refractivity contribution in [2.45, 2.75) is 6.42 Å². The maximum absolute atomic E-state index is 11.0. The van der Waals surface area contributed by atoms with Gasteiger partial charge >= 0.3 is 0 Å². The lowest BCUT2D eigenvalue weighted by Crippen LogP contribution is -2.42. The quantitative estimate of drug-likeness (QED) is 0.167. The van der Waals surface area contributed by atoms with Crippen molar-refractivity contribution in [3.8, 4) is 0 Å². The van der Waals surface area contributed by atoms with Gasteiger partial charge in [-0.05, 0) is 19.5 Å². The summed E-state index contributed by atoms with van der Waals surface area (Å²) in [5.41, 5.74) is 0.589. The molecule has 0 heterocycles. The first-order valence-electron chi connectivity index (χ1n) is 8.67. The average molecular weight is 366 g/mol. The fourth-order valence-corrected chi connectivity index (χ4v) is 2.34. The van der Waals surface area contributed by atoms with Gasteiger partial charge in [-0.3, -0.25) is 15.1 Å². The number of methoxy groups -OCH3 is 1. The summed E-state index contributed by atoms with van der Waals surface area (Å²) >= 11 is 0. The lowest BCUT2D eigenvalue weighted by molar-refractivity contribution is -0.384. The van der Waals surface area contributed by atoms with Crippen molar-refractivity contribution in [1.82, 2.24) is 15.5 Å². The Bertz CT molecular complexity index is 567. The molecule has 26 heavy (non-hydrogen) atoms. The minimum Gasteiger partial charge on any atom is -0.385 e. The number of nitrogens with zero attached hydrogens (tertiary/aromatic N) is 3. The molecule has 0 atom stereocenters. The van der Waals surface area contributed by atoms with E-state index >= 15 is 0 Å². The van der Waals surface area contributed by atoms with E-state index in [2.05, 4.69) is 32.9 Å². The molecule has 0 unspecified atom stereocenters. The maximum atomic E-state index is 11.0. The average Bonchev–Trinajstić information content (AvgIpc) is 2.64. The van der Waals surface area contributed by atoms with Crippen LogP contribution in [0.4, 0.5) is 11.4 Å². The molecule has 0 radical (unpaired) electrons. The van der Waals surface area contributed by atoms with Crippen LogP contribution in [0.25, 0.3) is 0 Å². The highest BCUT2D eigenvalue weighted by molar-refractivity contribution is 5.79. The lowest BCUT2D eigenvalue weighted by Gasteiger charge is -2.18. The van der Waals surface area contributed by atoms with E-state index in [1.54, 1.807) is 32.4 Å². The van der Waals surface area contributed by atoms with Crippen LogP contribution >= 0.6 is 0 Å². The second kappa shape index (κ2) is 12.9. The Labute approximate surface area is 155 Å². The number of nitro benzene ring substituents is 1. The van der Waals surface area contributed by atoms with Crippen molar-refractivity contribution >= 4 is 17.3 Å². The van der Waals surface area contributed by atoms with Crippen LogP contribution in [0, 0.1) is 10.1 Å². The number of nitrogens with one attached hydrogen (secondary N) is 3. The number of guanidine groups is 1. The first-order valence-corrected chi connectivity index (χ1v) is 8.67. The molecule has 0 bridgehead atoms. The number of ether oxygens (including phenoxy) is 1. The molecule has 146 valence electrons. The summed E-state index contributed by atoms with van der Waals surface area (Å²) in [7, 11) is 5.50. The minimum atomic E-state index is -0.390. The van der Waals surface area contributed by atoms with Crippen LogP contribution in [0.3, 0.4) is 0 Å². The van der Waals surface area contributed by atoms with Gasteiger partial charge in [0.15, 0.2) is 5.96 Å². The van der Waals surface area contributed by atoms with Gasteiger partial charge in [-0.2, -0.15) is 0 Å². The minimum absolute atomic E-state index is 0.0755. The zero-order valence-corrected chi connectivity index (χ0v) is 15.8. The Morgan fingerprint density at radius 3 is 2.65 bits per heavy atom. The highest BCUT2D eigenvalue weighted by Gasteiger charge is 2.11. The van der Waals surface area contributed by atoms with Crippen LogP contribution in [0.5, 0.6) is 0 Å². The Morgan fingerprint density at radius 1 is 1.23 bits per heavy atom. The maximum Gasteiger partial charge on any atom is 0.292 e. The Kier molecular flexibility index (Phi) is 10.7. The fourth-order valence-electron chi connectivity index (χ4n) is 2.34. The monoisotopic (exact) mass is 366 g/mol. The first-order chi connectivity index (χ1) is 12.6. The lowest BCUT2D eigenvalue weighted by atomic mass is 10.2. The predicted molar refractivity (Wildman–Crippen MR) is 105 cm³/mol. The van der Waals surface area contributed by atoms with Crippen molar-refractivity contribution in [2.75, 3.05) is 65.9 Å². The van der Waals surface area contributed by atoms with Gasteiger partial charge in [0.25, 0.3) is 5.69 Å². The number of nitro groups is 1. The van der Waals surface area contributed by atoms with Gasteiger partial charge in [0.1, 0.15) is 5.69 Å². The number of likely N-dealkylation sites (N-methyl/N-ethyl adjacent to an activating group) is 1. The van der Waals surface area contributed by atoms with Gasteiger partial charge in [-0.25, -0.2) is 0 Å². The normalized spacial score (nSPS) is 11.5. The smallest absolute Gasteiger partial charge is 0.292 e. The molecule has 1 aromatic carbocycles.